The zero-order valence-corrected chi connectivity index (χ0v) is 14.5. The molecule has 0 aliphatic carbocycles. The molecular formula is C16H21FN2O3S. The molecule has 1 heterocycles. The van der Waals surface area contributed by atoms with Crippen molar-refractivity contribution in [2.45, 2.75) is 32.9 Å². The van der Waals surface area contributed by atoms with Crippen molar-refractivity contribution in [1.29, 1.82) is 0 Å². The Morgan fingerprint density at radius 3 is 2.65 bits per heavy atom. The summed E-state index contributed by atoms with van der Waals surface area (Å²) in [5, 5.41) is 0. The number of carbonyl (C=O) groups is 2. The lowest BCUT2D eigenvalue weighted by Gasteiger charge is -2.32. The van der Waals surface area contributed by atoms with Gasteiger partial charge in [-0.2, -0.15) is 0 Å². The number of nitrogens with zero attached hydrogens (tertiary/aromatic N) is 2. The van der Waals surface area contributed by atoms with Crippen LogP contribution in [0.25, 0.3) is 0 Å². The molecule has 2 amide bonds. The minimum Gasteiger partial charge on any atom is -0.494 e. The van der Waals surface area contributed by atoms with Gasteiger partial charge in [0.2, 0.25) is 5.91 Å². The van der Waals surface area contributed by atoms with Crippen LogP contribution in [0, 0.1) is 5.82 Å². The van der Waals surface area contributed by atoms with Crippen molar-refractivity contribution in [2.24, 2.45) is 0 Å². The van der Waals surface area contributed by atoms with Gasteiger partial charge in [0.25, 0.3) is 5.91 Å². The average Bonchev–Trinajstić information content (AvgIpc) is 2.96. The lowest BCUT2D eigenvalue weighted by atomic mass is 10.1. The van der Waals surface area contributed by atoms with Crippen molar-refractivity contribution in [3.8, 4) is 5.75 Å². The van der Waals surface area contributed by atoms with Gasteiger partial charge in [-0.05, 0) is 26.0 Å². The Hall–Kier alpha value is -1.76. The van der Waals surface area contributed by atoms with Gasteiger partial charge in [-0.1, -0.05) is 0 Å². The number of amides is 2. The summed E-state index contributed by atoms with van der Waals surface area (Å²) in [6.07, 6.45) is 0. The van der Waals surface area contributed by atoms with E-state index in [1.54, 1.807) is 22.7 Å². The highest BCUT2D eigenvalue weighted by atomic mass is 32.2. The maximum Gasteiger partial charge on any atom is 0.250 e. The molecular weight excluding hydrogens is 319 g/mol. The number of ether oxygens (including phenoxy) is 1. The molecule has 126 valence electrons. The molecule has 0 radical (unpaired) electrons. The summed E-state index contributed by atoms with van der Waals surface area (Å²) in [6, 6.07) is 3.77. The highest BCUT2D eigenvalue weighted by Crippen LogP contribution is 2.29. The van der Waals surface area contributed by atoms with E-state index in [1.807, 2.05) is 13.8 Å². The summed E-state index contributed by atoms with van der Waals surface area (Å²) >= 11 is 1.54. The van der Waals surface area contributed by atoms with Crippen LogP contribution in [0.5, 0.6) is 5.75 Å². The van der Waals surface area contributed by atoms with Crippen molar-refractivity contribution in [2.75, 3.05) is 23.6 Å². The summed E-state index contributed by atoms with van der Waals surface area (Å²) in [5.74, 6) is 0.358. The Morgan fingerprint density at radius 1 is 1.43 bits per heavy atom. The minimum atomic E-state index is -0.521. The van der Waals surface area contributed by atoms with Crippen molar-refractivity contribution in [3.63, 3.8) is 0 Å². The maximum absolute atomic E-state index is 14.0. The van der Waals surface area contributed by atoms with E-state index in [9.17, 15) is 14.0 Å². The molecule has 1 saturated heterocycles. The van der Waals surface area contributed by atoms with Crippen LogP contribution in [0.15, 0.2) is 18.2 Å². The smallest absolute Gasteiger partial charge is 0.250 e. The molecule has 0 N–H and O–H groups in total. The summed E-state index contributed by atoms with van der Waals surface area (Å²) in [5.41, 5.74) is 0.462. The SMILES string of the molecule is COc1ccc(N(C(=O)[C@H]2CSCN2C(C)=O)C(C)C)cc1F. The number of carbonyl (C=O) groups excluding carboxylic acids is 2. The lowest BCUT2D eigenvalue weighted by Crippen LogP contribution is -2.50. The highest BCUT2D eigenvalue weighted by molar-refractivity contribution is 7.99. The Labute approximate surface area is 139 Å². The van der Waals surface area contributed by atoms with Gasteiger partial charge >= 0.3 is 0 Å². The predicted octanol–water partition coefficient (Wildman–Crippen LogP) is 2.50. The van der Waals surface area contributed by atoms with Gasteiger partial charge in [-0.3, -0.25) is 9.59 Å². The molecule has 1 aromatic carbocycles. The summed E-state index contributed by atoms with van der Waals surface area (Å²) in [4.78, 5) is 27.7. The first kappa shape index (κ1) is 17.6. The second kappa shape index (κ2) is 7.21. The van der Waals surface area contributed by atoms with Crippen LogP contribution in [0.3, 0.4) is 0 Å². The number of benzene rings is 1. The Bertz CT molecular complexity index is 609. The van der Waals surface area contributed by atoms with Gasteiger partial charge in [0.1, 0.15) is 6.04 Å². The fourth-order valence-corrected chi connectivity index (χ4v) is 3.81. The largest absolute Gasteiger partial charge is 0.494 e. The molecule has 1 atom stereocenters. The molecule has 0 unspecified atom stereocenters. The molecule has 7 heteroatoms. The molecule has 1 aliphatic rings. The van der Waals surface area contributed by atoms with Crippen LogP contribution < -0.4 is 9.64 Å². The van der Waals surface area contributed by atoms with E-state index in [1.165, 1.54) is 31.1 Å². The molecule has 2 rings (SSSR count). The molecule has 0 aromatic heterocycles. The van der Waals surface area contributed by atoms with Crippen LogP contribution in [0.1, 0.15) is 20.8 Å². The maximum atomic E-state index is 14.0. The predicted molar refractivity (Wildman–Crippen MR) is 89.2 cm³/mol. The highest BCUT2D eigenvalue weighted by Gasteiger charge is 2.37. The molecule has 5 nitrogen and oxygen atoms in total. The van der Waals surface area contributed by atoms with Gasteiger partial charge < -0.3 is 14.5 Å². The second-order valence-corrected chi connectivity index (χ2v) is 6.63. The number of thioether (sulfide) groups is 1. The summed E-state index contributed by atoms with van der Waals surface area (Å²) in [6.45, 7) is 5.18. The van der Waals surface area contributed by atoms with Crippen LogP contribution in [-0.2, 0) is 9.59 Å². The lowest BCUT2D eigenvalue weighted by molar-refractivity contribution is -0.135. The first-order valence-corrected chi connectivity index (χ1v) is 8.53. The van der Waals surface area contributed by atoms with E-state index in [0.29, 0.717) is 17.3 Å². The Kier molecular flexibility index (Phi) is 5.51. The Morgan fingerprint density at radius 2 is 2.13 bits per heavy atom. The monoisotopic (exact) mass is 340 g/mol. The number of methoxy groups -OCH3 is 1. The van der Waals surface area contributed by atoms with Crippen molar-refractivity contribution < 1.29 is 18.7 Å². The van der Waals surface area contributed by atoms with Gasteiger partial charge in [0.15, 0.2) is 11.6 Å². The van der Waals surface area contributed by atoms with Crippen molar-refractivity contribution in [1.82, 2.24) is 4.90 Å². The van der Waals surface area contributed by atoms with E-state index in [4.69, 9.17) is 4.74 Å². The van der Waals surface area contributed by atoms with Gasteiger partial charge in [-0.25, -0.2) is 4.39 Å². The van der Waals surface area contributed by atoms with E-state index in [0.717, 1.165) is 0 Å². The molecule has 0 saturated carbocycles. The third kappa shape index (κ3) is 3.60. The van der Waals surface area contributed by atoms with Gasteiger partial charge in [0, 0.05) is 30.5 Å². The average molecular weight is 340 g/mol. The zero-order chi connectivity index (χ0) is 17.1. The molecule has 1 aromatic rings. The standard InChI is InChI=1S/C16H21FN2O3S/c1-10(2)19(12-5-6-15(22-4)13(17)7-12)16(21)14-8-23-9-18(14)11(3)20/h5-7,10,14H,8-9H2,1-4H3/t14-/m1/s1. The third-order valence-electron chi connectivity index (χ3n) is 3.74. The number of rotatable bonds is 4. The number of hydrogen-bond donors (Lipinski definition) is 0. The normalized spacial score (nSPS) is 17.5. The van der Waals surface area contributed by atoms with Crippen molar-refractivity contribution >= 4 is 29.3 Å². The van der Waals surface area contributed by atoms with E-state index in [-0.39, 0.29) is 23.6 Å². The fourth-order valence-electron chi connectivity index (χ4n) is 2.60. The van der Waals surface area contributed by atoms with Crippen LogP contribution >= 0.6 is 11.8 Å². The first-order chi connectivity index (χ1) is 10.9. The van der Waals surface area contributed by atoms with Gasteiger partial charge in [0.05, 0.1) is 13.0 Å². The summed E-state index contributed by atoms with van der Waals surface area (Å²) < 4.78 is 18.9. The topological polar surface area (TPSA) is 49.9 Å². The number of hydrogen-bond acceptors (Lipinski definition) is 4. The first-order valence-electron chi connectivity index (χ1n) is 7.38. The quantitative estimate of drug-likeness (QED) is 0.845. The van der Waals surface area contributed by atoms with Crippen LogP contribution in [-0.4, -0.2) is 47.5 Å². The molecule has 0 bridgehead atoms. The zero-order valence-electron chi connectivity index (χ0n) is 13.7. The third-order valence-corrected chi connectivity index (χ3v) is 4.75. The Balaban J connectivity index is 2.33. The molecule has 1 fully saturated rings. The number of anilines is 1. The minimum absolute atomic E-state index is 0.127. The molecule has 0 spiro atoms. The van der Waals surface area contributed by atoms with Crippen LogP contribution in [0.4, 0.5) is 10.1 Å². The van der Waals surface area contributed by atoms with E-state index < -0.39 is 11.9 Å². The summed E-state index contributed by atoms with van der Waals surface area (Å²) in [7, 11) is 1.39. The van der Waals surface area contributed by atoms with E-state index >= 15 is 0 Å². The van der Waals surface area contributed by atoms with Crippen molar-refractivity contribution in [3.05, 3.63) is 24.0 Å². The van der Waals surface area contributed by atoms with Gasteiger partial charge in [-0.15, -0.1) is 11.8 Å². The van der Waals surface area contributed by atoms with Crippen LogP contribution in [0.2, 0.25) is 0 Å². The fraction of sp³-hybridized carbons (Fsp3) is 0.500. The second-order valence-electron chi connectivity index (χ2n) is 5.63. The molecule has 1 aliphatic heterocycles. The molecule has 23 heavy (non-hydrogen) atoms. The number of halogens is 1. The van der Waals surface area contributed by atoms with E-state index in [2.05, 4.69) is 0 Å².